The molecule has 2 aliphatic rings. The van der Waals surface area contributed by atoms with Crippen LogP contribution in [0.25, 0.3) is 0 Å². The average molecular weight is 427 g/mol. The van der Waals surface area contributed by atoms with Crippen LogP contribution >= 0.6 is 11.3 Å². The molecule has 0 saturated carbocycles. The third-order valence-corrected chi connectivity index (χ3v) is 6.40. The van der Waals surface area contributed by atoms with Gasteiger partial charge in [-0.15, -0.1) is 0 Å². The van der Waals surface area contributed by atoms with Crippen LogP contribution in [0.4, 0.5) is 5.69 Å². The minimum Gasteiger partial charge on any atom is -0.355 e. The van der Waals surface area contributed by atoms with Crippen LogP contribution in [0.3, 0.4) is 0 Å². The van der Waals surface area contributed by atoms with E-state index in [-0.39, 0.29) is 30.1 Å². The van der Waals surface area contributed by atoms with Gasteiger partial charge in [-0.3, -0.25) is 19.3 Å². The fourth-order valence-electron chi connectivity index (χ4n) is 3.97. The molecule has 2 aromatic rings. The Hall–Kier alpha value is -2.71. The van der Waals surface area contributed by atoms with Crippen molar-refractivity contribution >= 4 is 34.7 Å². The standard InChI is InChI=1S/C22H26N4O3S/c27-20-14-18(15-26(20)19-4-2-1-3-5-19)21(28)23-7-8-24-9-11-25(12-10-24)22(29)17-6-13-30-16-17/h1-6,13,16,18H,7-12,14-15H2,(H,23,28). The zero-order valence-corrected chi connectivity index (χ0v) is 17.6. The highest BCUT2D eigenvalue weighted by Crippen LogP contribution is 2.24. The van der Waals surface area contributed by atoms with Gasteiger partial charge in [-0.1, -0.05) is 18.2 Å². The number of hydrogen-bond donors (Lipinski definition) is 1. The van der Waals surface area contributed by atoms with E-state index in [9.17, 15) is 14.4 Å². The van der Waals surface area contributed by atoms with Crippen molar-refractivity contribution in [2.24, 2.45) is 5.92 Å². The number of nitrogens with zero attached hydrogens (tertiary/aromatic N) is 3. The van der Waals surface area contributed by atoms with Gasteiger partial charge in [0.1, 0.15) is 0 Å². The van der Waals surface area contributed by atoms with Gasteiger partial charge in [0.2, 0.25) is 11.8 Å². The molecule has 3 heterocycles. The Morgan fingerprint density at radius 3 is 2.53 bits per heavy atom. The summed E-state index contributed by atoms with van der Waals surface area (Å²) < 4.78 is 0. The van der Waals surface area contributed by atoms with Crippen molar-refractivity contribution in [2.75, 3.05) is 50.7 Å². The fraction of sp³-hybridized carbons (Fsp3) is 0.409. The SMILES string of the molecule is O=C(NCCN1CCN(C(=O)c2ccsc2)CC1)C1CC(=O)N(c2ccccc2)C1. The molecule has 0 aliphatic carbocycles. The first kappa shape index (κ1) is 20.6. The number of thiophene rings is 1. The van der Waals surface area contributed by atoms with Crippen LogP contribution in [0.1, 0.15) is 16.8 Å². The summed E-state index contributed by atoms with van der Waals surface area (Å²) in [6.07, 6.45) is 0.254. The minimum atomic E-state index is -0.308. The average Bonchev–Trinajstić information content (AvgIpc) is 3.44. The monoisotopic (exact) mass is 426 g/mol. The number of carbonyl (C=O) groups is 3. The molecule has 2 saturated heterocycles. The number of rotatable bonds is 6. The highest BCUT2D eigenvalue weighted by atomic mass is 32.1. The molecule has 0 bridgehead atoms. The van der Waals surface area contributed by atoms with Crippen molar-refractivity contribution in [3.8, 4) is 0 Å². The molecule has 3 amide bonds. The molecule has 1 atom stereocenters. The van der Waals surface area contributed by atoms with Crippen molar-refractivity contribution in [3.63, 3.8) is 0 Å². The van der Waals surface area contributed by atoms with E-state index in [4.69, 9.17) is 0 Å². The van der Waals surface area contributed by atoms with Gasteiger partial charge in [0, 0.05) is 63.3 Å². The highest BCUT2D eigenvalue weighted by Gasteiger charge is 2.35. The maximum atomic E-state index is 12.5. The van der Waals surface area contributed by atoms with Crippen LogP contribution in [0.5, 0.6) is 0 Å². The molecule has 1 N–H and O–H groups in total. The van der Waals surface area contributed by atoms with Gasteiger partial charge in [-0.25, -0.2) is 0 Å². The van der Waals surface area contributed by atoms with Gasteiger partial charge in [0.25, 0.3) is 5.91 Å². The minimum absolute atomic E-state index is 0.00670. The quantitative estimate of drug-likeness (QED) is 0.763. The molecule has 1 aromatic heterocycles. The number of piperazine rings is 1. The van der Waals surface area contributed by atoms with E-state index in [1.807, 2.05) is 52.1 Å². The number of benzene rings is 1. The van der Waals surface area contributed by atoms with E-state index in [2.05, 4.69) is 10.2 Å². The largest absolute Gasteiger partial charge is 0.355 e. The van der Waals surface area contributed by atoms with Crippen molar-refractivity contribution in [1.29, 1.82) is 0 Å². The predicted molar refractivity (Wildman–Crippen MR) is 117 cm³/mol. The maximum Gasteiger partial charge on any atom is 0.254 e. The van der Waals surface area contributed by atoms with E-state index in [1.165, 1.54) is 11.3 Å². The summed E-state index contributed by atoms with van der Waals surface area (Å²) >= 11 is 1.53. The second kappa shape index (κ2) is 9.40. The summed E-state index contributed by atoms with van der Waals surface area (Å²) in [6, 6.07) is 11.3. The van der Waals surface area contributed by atoms with Gasteiger partial charge in [0.05, 0.1) is 11.5 Å². The van der Waals surface area contributed by atoms with Crippen molar-refractivity contribution in [1.82, 2.24) is 15.1 Å². The third kappa shape index (κ3) is 4.71. The first-order chi connectivity index (χ1) is 14.6. The van der Waals surface area contributed by atoms with E-state index in [0.717, 1.165) is 30.9 Å². The van der Waals surface area contributed by atoms with Crippen LogP contribution in [0.2, 0.25) is 0 Å². The van der Waals surface area contributed by atoms with E-state index >= 15 is 0 Å². The third-order valence-electron chi connectivity index (χ3n) is 5.72. The molecule has 8 heteroatoms. The van der Waals surface area contributed by atoms with E-state index in [1.54, 1.807) is 4.90 Å². The molecule has 2 fully saturated rings. The smallest absolute Gasteiger partial charge is 0.254 e. The molecule has 2 aliphatic heterocycles. The molecule has 158 valence electrons. The topological polar surface area (TPSA) is 73.0 Å². The maximum absolute atomic E-state index is 12.5. The lowest BCUT2D eigenvalue weighted by atomic mass is 10.1. The van der Waals surface area contributed by atoms with Crippen LogP contribution in [-0.4, -0.2) is 73.3 Å². The Kier molecular flexibility index (Phi) is 6.44. The lowest BCUT2D eigenvalue weighted by Crippen LogP contribution is -2.50. The molecule has 30 heavy (non-hydrogen) atoms. The Morgan fingerprint density at radius 1 is 1.07 bits per heavy atom. The Labute approximate surface area is 180 Å². The van der Waals surface area contributed by atoms with Crippen LogP contribution < -0.4 is 10.2 Å². The van der Waals surface area contributed by atoms with E-state index in [0.29, 0.717) is 26.2 Å². The molecule has 7 nitrogen and oxygen atoms in total. The summed E-state index contributed by atoms with van der Waals surface area (Å²) in [5.41, 5.74) is 1.60. The molecule has 1 unspecified atom stereocenters. The van der Waals surface area contributed by atoms with Crippen molar-refractivity contribution in [3.05, 3.63) is 52.7 Å². The summed E-state index contributed by atoms with van der Waals surface area (Å²) in [5.74, 6) is -0.281. The van der Waals surface area contributed by atoms with Crippen molar-refractivity contribution < 1.29 is 14.4 Å². The van der Waals surface area contributed by atoms with E-state index < -0.39 is 0 Å². The van der Waals surface area contributed by atoms with Gasteiger partial charge in [-0.05, 0) is 23.6 Å². The summed E-state index contributed by atoms with van der Waals surface area (Å²) in [7, 11) is 0. The molecule has 4 rings (SSSR count). The van der Waals surface area contributed by atoms with Crippen LogP contribution in [0.15, 0.2) is 47.2 Å². The lowest BCUT2D eigenvalue weighted by molar-refractivity contribution is -0.126. The lowest BCUT2D eigenvalue weighted by Gasteiger charge is -2.34. The summed E-state index contributed by atoms with van der Waals surface area (Å²) in [4.78, 5) is 43.0. The molecular weight excluding hydrogens is 400 g/mol. The van der Waals surface area contributed by atoms with Gasteiger partial charge >= 0.3 is 0 Å². The van der Waals surface area contributed by atoms with Crippen LogP contribution in [0, 0.1) is 5.92 Å². The number of carbonyl (C=O) groups excluding carboxylic acids is 3. The second-order valence-corrected chi connectivity index (χ2v) is 8.46. The molecule has 0 spiro atoms. The number of hydrogen-bond acceptors (Lipinski definition) is 5. The molecule has 1 aromatic carbocycles. The zero-order chi connectivity index (χ0) is 20.9. The summed E-state index contributed by atoms with van der Waals surface area (Å²) in [5, 5.41) is 6.79. The highest BCUT2D eigenvalue weighted by molar-refractivity contribution is 7.08. The normalized spacial score (nSPS) is 19.9. The Bertz CT molecular complexity index is 879. The first-order valence-electron chi connectivity index (χ1n) is 10.3. The van der Waals surface area contributed by atoms with Crippen LogP contribution in [-0.2, 0) is 9.59 Å². The number of para-hydroxylation sites is 1. The Balaban J connectivity index is 1.18. The van der Waals surface area contributed by atoms with Gasteiger partial charge in [-0.2, -0.15) is 11.3 Å². The molecule has 0 radical (unpaired) electrons. The number of anilines is 1. The fourth-order valence-corrected chi connectivity index (χ4v) is 4.60. The number of nitrogens with one attached hydrogen (secondary N) is 1. The van der Waals surface area contributed by atoms with Gasteiger partial charge in [0.15, 0.2) is 0 Å². The van der Waals surface area contributed by atoms with Gasteiger partial charge < -0.3 is 15.1 Å². The van der Waals surface area contributed by atoms with Crippen molar-refractivity contribution in [2.45, 2.75) is 6.42 Å². The first-order valence-corrected chi connectivity index (χ1v) is 11.2. The Morgan fingerprint density at radius 2 is 1.83 bits per heavy atom. The predicted octanol–water partition coefficient (Wildman–Crippen LogP) is 1.68. The summed E-state index contributed by atoms with van der Waals surface area (Å²) in [6.45, 7) is 4.73. The zero-order valence-electron chi connectivity index (χ0n) is 16.8. The molecular formula is C22H26N4O3S. The number of amides is 3. The second-order valence-electron chi connectivity index (χ2n) is 7.68.